The number of carbonyl (C=O) groups is 2. The molecule has 0 aromatic heterocycles. The van der Waals surface area contributed by atoms with Crippen molar-refractivity contribution in [3.8, 4) is 0 Å². The van der Waals surface area contributed by atoms with Gasteiger partial charge in [0.05, 0.1) is 6.04 Å². The van der Waals surface area contributed by atoms with E-state index < -0.39 is 0 Å². The molecular weight excluding hydrogens is 324 g/mol. The van der Waals surface area contributed by atoms with E-state index in [2.05, 4.69) is 17.6 Å². The molecule has 4 nitrogen and oxygen atoms in total. The van der Waals surface area contributed by atoms with E-state index in [1.807, 2.05) is 7.05 Å². The highest BCUT2D eigenvalue weighted by Gasteiger charge is 2.10. The molecule has 0 fully saturated rings. The van der Waals surface area contributed by atoms with E-state index in [-0.39, 0.29) is 17.7 Å². The molecule has 0 radical (unpaired) electrons. The molecule has 26 heavy (non-hydrogen) atoms. The standard InChI is InChI=1S/C22H44N2O2/c1-4-5-6-7-8-9-10-11-12-13-14-18-22(26)24-19-16-15-17-21(23-3)20(2)25/h21,23H,4-19H2,1-3H3,(H,24,26)/t21-/m0/s1. The molecule has 0 aromatic rings. The van der Waals surface area contributed by atoms with Crippen molar-refractivity contribution >= 4 is 11.7 Å². The third-order valence-electron chi connectivity index (χ3n) is 5.09. The van der Waals surface area contributed by atoms with Crippen molar-refractivity contribution in [2.45, 2.75) is 116 Å². The maximum atomic E-state index is 11.8. The maximum absolute atomic E-state index is 11.8. The Balaban J connectivity index is 3.31. The molecule has 0 bridgehead atoms. The van der Waals surface area contributed by atoms with E-state index in [0.29, 0.717) is 6.42 Å². The highest BCUT2D eigenvalue weighted by Crippen LogP contribution is 2.11. The van der Waals surface area contributed by atoms with Crippen LogP contribution in [-0.2, 0) is 9.59 Å². The Kier molecular flexibility index (Phi) is 18.2. The van der Waals surface area contributed by atoms with Crippen LogP contribution in [-0.4, -0.2) is 31.3 Å². The quantitative estimate of drug-likeness (QED) is 0.310. The van der Waals surface area contributed by atoms with Crippen LogP contribution in [0.5, 0.6) is 0 Å². The molecule has 0 unspecified atom stereocenters. The predicted molar refractivity (Wildman–Crippen MR) is 111 cm³/mol. The van der Waals surface area contributed by atoms with Gasteiger partial charge in [0, 0.05) is 13.0 Å². The largest absolute Gasteiger partial charge is 0.356 e. The Morgan fingerprint density at radius 1 is 0.769 bits per heavy atom. The van der Waals surface area contributed by atoms with Crippen LogP contribution in [0.3, 0.4) is 0 Å². The van der Waals surface area contributed by atoms with Gasteiger partial charge in [0.1, 0.15) is 5.78 Å². The molecule has 2 N–H and O–H groups in total. The summed E-state index contributed by atoms with van der Waals surface area (Å²) in [5.74, 6) is 0.366. The second-order valence-corrected chi connectivity index (χ2v) is 7.58. The number of hydrogen-bond acceptors (Lipinski definition) is 3. The molecule has 1 atom stereocenters. The molecule has 0 saturated heterocycles. The Morgan fingerprint density at radius 3 is 1.81 bits per heavy atom. The monoisotopic (exact) mass is 368 g/mol. The summed E-state index contributed by atoms with van der Waals surface area (Å²) >= 11 is 0. The van der Waals surface area contributed by atoms with E-state index in [4.69, 9.17) is 0 Å². The van der Waals surface area contributed by atoms with Crippen LogP contribution in [0.25, 0.3) is 0 Å². The molecular formula is C22H44N2O2. The van der Waals surface area contributed by atoms with Gasteiger partial charge in [-0.2, -0.15) is 0 Å². The molecule has 0 aliphatic rings. The van der Waals surface area contributed by atoms with E-state index in [1.54, 1.807) is 6.92 Å². The summed E-state index contributed by atoms with van der Waals surface area (Å²) in [4.78, 5) is 23.1. The minimum absolute atomic E-state index is 0.0398. The van der Waals surface area contributed by atoms with Crippen LogP contribution < -0.4 is 10.6 Å². The van der Waals surface area contributed by atoms with Gasteiger partial charge in [0.25, 0.3) is 0 Å². The predicted octanol–water partition coefficient (Wildman–Crippen LogP) is 5.15. The fraction of sp³-hybridized carbons (Fsp3) is 0.909. The topological polar surface area (TPSA) is 58.2 Å². The lowest BCUT2D eigenvalue weighted by Crippen LogP contribution is -2.32. The second kappa shape index (κ2) is 18.9. The number of ketones is 1. The third kappa shape index (κ3) is 16.6. The summed E-state index contributed by atoms with van der Waals surface area (Å²) in [6.45, 7) is 4.61. The Labute approximate surface area is 162 Å². The summed E-state index contributed by atoms with van der Waals surface area (Å²) in [6, 6.07) is -0.0398. The maximum Gasteiger partial charge on any atom is 0.219 e. The Bertz CT molecular complexity index is 345. The number of carbonyl (C=O) groups excluding carboxylic acids is 2. The van der Waals surface area contributed by atoms with Crippen molar-refractivity contribution < 1.29 is 9.59 Å². The SMILES string of the molecule is CCCCCCCCCCCCCC(=O)NCCCC[C@H](NC)C(C)=O. The first kappa shape index (κ1) is 25.1. The van der Waals surface area contributed by atoms with Crippen LogP contribution in [0.15, 0.2) is 0 Å². The van der Waals surface area contributed by atoms with E-state index in [9.17, 15) is 9.59 Å². The molecule has 0 aliphatic heterocycles. The molecule has 0 spiro atoms. The fourth-order valence-corrected chi connectivity index (χ4v) is 3.29. The highest BCUT2D eigenvalue weighted by molar-refractivity contribution is 5.81. The average molecular weight is 369 g/mol. The van der Waals surface area contributed by atoms with Crippen LogP contribution in [0.1, 0.15) is 110 Å². The van der Waals surface area contributed by atoms with E-state index in [0.717, 1.165) is 32.2 Å². The van der Waals surface area contributed by atoms with Crippen molar-refractivity contribution in [1.82, 2.24) is 10.6 Å². The summed E-state index contributed by atoms with van der Waals surface area (Å²) in [6.07, 6.45) is 17.8. The fourth-order valence-electron chi connectivity index (χ4n) is 3.29. The molecule has 0 aliphatic carbocycles. The summed E-state index contributed by atoms with van der Waals surface area (Å²) < 4.78 is 0. The Hall–Kier alpha value is -0.900. The molecule has 0 rings (SSSR count). The van der Waals surface area contributed by atoms with Crippen LogP contribution in [0.2, 0.25) is 0 Å². The zero-order chi connectivity index (χ0) is 19.5. The van der Waals surface area contributed by atoms with Crippen LogP contribution >= 0.6 is 0 Å². The normalized spacial score (nSPS) is 12.1. The van der Waals surface area contributed by atoms with Gasteiger partial charge in [-0.15, -0.1) is 0 Å². The summed E-state index contributed by atoms with van der Waals surface area (Å²) in [5.41, 5.74) is 0. The van der Waals surface area contributed by atoms with Crippen molar-refractivity contribution in [1.29, 1.82) is 0 Å². The van der Waals surface area contributed by atoms with Crippen LogP contribution in [0, 0.1) is 0 Å². The molecule has 4 heteroatoms. The van der Waals surface area contributed by atoms with Gasteiger partial charge < -0.3 is 10.6 Å². The summed E-state index contributed by atoms with van der Waals surface area (Å²) in [5, 5.41) is 6.02. The first-order valence-electron chi connectivity index (χ1n) is 11.1. The van der Waals surface area contributed by atoms with Crippen molar-refractivity contribution in [2.24, 2.45) is 0 Å². The number of unbranched alkanes of at least 4 members (excludes halogenated alkanes) is 11. The van der Waals surface area contributed by atoms with Crippen molar-refractivity contribution in [3.05, 3.63) is 0 Å². The van der Waals surface area contributed by atoms with Gasteiger partial charge in [-0.05, 0) is 39.7 Å². The molecule has 0 saturated carbocycles. The lowest BCUT2D eigenvalue weighted by molar-refractivity contribution is -0.121. The minimum Gasteiger partial charge on any atom is -0.356 e. The number of rotatable bonds is 19. The zero-order valence-corrected chi connectivity index (χ0v) is 17.7. The average Bonchev–Trinajstić information content (AvgIpc) is 2.62. The van der Waals surface area contributed by atoms with Gasteiger partial charge in [-0.3, -0.25) is 9.59 Å². The summed E-state index contributed by atoms with van der Waals surface area (Å²) in [7, 11) is 1.82. The Morgan fingerprint density at radius 2 is 1.31 bits per heavy atom. The first-order chi connectivity index (χ1) is 12.6. The van der Waals surface area contributed by atoms with Gasteiger partial charge in [0.15, 0.2) is 0 Å². The van der Waals surface area contributed by atoms with E-state index >= 15 is 0 Å². The molecule has 154 valence electrons. The van der Waals surface area contributed by atoms with Gasteiger partial charge in [-0.1, -0.05) is 71.1 Å². The number of likely N-dealkylation sites (N-methyl/N-ethyl adjacent to an activating group) is 1. The van der Waals surface area contributed by atoms with E-state index in [1.165, 1.54) is 64.2 Å². The van der Waals surface area contributed by atoms with Crippen molar-refractivity contribution in [3.63, 3.8) is 0 Å². The number of nitrogens with one attached hydrogen (secondary N) is 2. The van der Waals surface area contributed by atoms with Gasteiger partial charge in [-0.25, -0.2) is 0 Å². The smallest absolute Gasteiger partial charge is 0.219 e. The van der Waals surface area contributed by atoms with Gasteiger partial charge >= 0.3 is 0 Å². The molecule has 0 heterocycles. The van der Waals surface area contributed by atoms with Crippen LogP contribution in [0.4, 0.5) is 0 Å². The lowest BCUT2D eigenvalue weighted by Gasteiger charge is -2.12. The number of hydrogen-bond donors (Lipinski definition) is 2. The number of amides is 1. The second-order valence-electron chi connectivity index (χ2n) is 7.58. The lowest BCUT2D eigenvalue weighted by atomic mass is 10.1. The number of Topliss-reactive ketones (excluding diaryl/α,β-unsaturated/α-hetero) is 1. The zero-order valence-electron chi connectivity index (χ0n) is 17.7. The van der Waals surface area contributed by atoms with Crippen molar-refractivity contribution in [2.75, 3.05) is 13.6 Å². The minimum atomic E-state index is -0.0398. The highest BCUT2D eigenvalue weighted by atomic mass is 16.1. The molecule has 1 amide bonds. The third-order valence-corrected chi connectivity index (χ3v) is 5.09. The molecule has 0 aromatic carbocycles. The first-order valence-corrected chi connectivity index (χ1v) is 11.1. The van der Waals surface area contributed by atoms with Gasteiger partial charge in [0.2, 0.25) is 5.91 Å².